The average Bonchev–Trinajstić information content (AvgIpc) is 2.30. The molecule has 0 aromatic carbocycles. The van der Waals surface area contributed by atoms with Crippen LogP contribution in [0.25, 0.3) is 0 Å². The summed E-state index contributed by atoms with van der Waals surface area (Å²) in [7, 11) is 0. The van der Waals surface area contributed by atoms with Gasteiger partial charge in [-0.25, -0.2) is 4.98 Å². The quantitative estimate of drug-likeness (QED) is 0.734. The number of pyridine rings is 1. The summed E-state index contributed by atoms with van der Waals surface area (Å²) < 4.78 is 0. The zero-order chi connectivity index (χ0) is 10.7. The molecule has 0 unspecified atom stereocenters. The van der Waals surface area contributed by atoms with Crippen LogP contribution in [0.2, 0.25) is 0 Å². The Hall–Kier alpha value is -1.60. The van der Waals surface area contributed by atoms with Crippen molar-refractivity contribution in [2.75, 3.05) is 18.0 Å². The molecule has 1 aliphatic rings. The average molecular weight is 202 g/mol. The van der Waals surface area contributed by atoms with Crippen LogP contribution in [0.4, 0.5) is 5.82 Å². The van der Waals surface area contributed by atoms with E-state index in [1.165, 1.54) is 0 Å². The molecule has 1 fully saturated rings. The van der Waals surface area contributed by atoms with E-state index in [4.69, 9.17) is 11.0 Å². The maximum absolute atomic E-state index is 8.65. The fourth-order valence-corrected chi connectivity index (χ4v) is 1.77. The Morgan fingerprint density at radius 2 is 2.13 bits per heavy atom. The summed E-state index contributed by atoms with van der Waals surface area (Å²) in [6, 6.07) is 6.10. The maximum atomic E-state index is 8.65. The molecule has 15 heavy (non-hydrogen) atoms. The number of nitriles is 1. The number of hydrogen-bond acceptors (Lipinski definition) is 4. The summed E-state index contributed by atoms with van der Waals surface area (Å²) in [4.78, 5) is 6.47. The van der Waals surface area contributed by atoms with Crippen LogP contribution in [0.15, 0.2) is 18.3 Å². The molecule has 0 spiro atoms. The molecule has 1 aromatic rings. The number of rotatable bonds is 1. The Balaban J connectivity index is 2.07. The Labute approximate surface area is 89.3 Å². The first kappa shape index (κ1) is 9.94. The lowest BCUT2D eigenvalue weighted by atomic mass is 10.1. The highest BCUT2D eigenvalue weighted by molar-refractivity contribution is 5.42. The second kappa shape index (κ2) is 4.28. The van der Waals surface area contributed by atoms with Gasteiger partial charge in [0.2, 0.25) is 0 Å². The van der Waals surface area contributed by atoms with Gasteiger partial charge in [-0.3, -0.25) is 0 Å². The van der Waals surface area contributed by atoms with E-state index in [2.05, 4.69) is 16.0 Å². The van der Waals surface area contributed by atoms with Crippen LogP contribution in [0, 0.1) is 11.3 Å². The fraction of sp³-hybridized carbons (Fsp3) is 0.455. The molecule has 0 atom stereocenters. The van der Waals surface area contributed by atoms with Crippen molar-refractivity contribution in [1.29, 1.82) is 5.26 Å². The van der Waals surface area contributed by atoms with Gasteiger partial charge < -0.3 is 10.6 Å². The number of nitrogens with zero attached hydrogens (tertiary/aromatic N) is 3. The molecule has 0 amide bonds. The van der Waals surface area contributed by atoms with E-state index >= 15 is 0 Å². The maximum Gasteiger partial charge on any atom is 0.128 e. The third kappa shape index (κ3) is 2.25. The summed E-state index contributed by atoms with van der Waals surface area (Å²) in [6.45, 7) is 1.92. The monoisotopic (exact) mass is 202 g/mol. The lowest BCUT2D eigenvalue weighted by molar-refractivity contribution is 0.498. The van der Waals surface area contributed by atoms with Crippen LogP contribution < -0.4 is 10.6 Å². The first-order valence-electron chi connectivity index (χ1n) is 5.16. The molecule has 1 aromatic heterocycles. The molecule has 2 heterocycles. The molecule has 4 heteroatoms. The molecule has 0 saturated carbocycles. The zero-order valence-electron chi connectivity index (χ0n) is 8.56. The SMILES string of the molecule is N#Cc1ccc(N2CCC(N)CC2)nc1. The van der Waals surface area contributed by atoms with Crippen molar-refractivity contribution in [3.05, 3.63) is 23.9 Å². The van der Waals surface area contributed by atoms with Gasteiger partial charge in [0.15, 0.2) is 0 Å². The van der Waals surface area contributed by atoms with Crippen molar-refractivity contribution in [2.45, 2.75) is 18.9 Å². The lowest BCUT2D eigenvalue weighted by Crippen LogP contribution is -2.40. The molecule has 78 valence electrons. The Bertz CT molecular complexity index is 357. The highest BCUT2D eigenvalue weighted by atomic mass is 15.2. The topological polar surface area (TPSA) is 65.9 Å². The predicted octanol–water partition coefficient (Wildman–Crippen LogP) is 0.881. The van der Waals surface area contributed by atoms with Crippen molar-refractivity contribution in [1.82, 2.24) is 4.98 Å². The highest BCUT2D eigenvalue weighted by Gasteiger charge is 2.16. The molecule has 0 radical (unpaired) electrons. The minimum atomic E-state index is 0.333. The molecular weight excluding hydrogens is 188 g/mol. The van der Waals surface area contributed by atoms with Gasteiger partial charge in [-0.1, -0.05) is 0 Å². The van der Waals surface area contributed by atoms with Crippen molar-refractivity contribution in [3.8, 4) is 6.07 Å². The fourth-order valence-electron chi connectivity index (χ4n) is 1.77. The van der Waals surface area contributed by atoms with E-state index in [1.54, 1.807) is 12.3 Å². The van der Waals surface area contributed by atoms with Gasteiger partial charge in [0.05, 0.1) is 5.56 Å². The second-order valence-corrected chi connectivity index (χ2v) is 3.84. The third-order valence-corrected chi connectivity index (χ3v) is 2.74. The normalized spacial score (nSPS) is 17.5. The van der Waals surface area contributed by atoms with E-state index < -0.39 is 0 Å². The third-order valence-electron chi connectivity index (χ3n) is 2.74. The summed E-state index contributed by atoms with van der Waals surface area (Å²) in [5.74, 6) is 0.945. The van der Waals surface area contributed by atoms with E-state index in [9.17, 15) is 0 Å². The van der Waals surface area contributed by atoms with Gasteiger partial charge in [-0.15, -0.1) is 0 Å². The van der Waals surface area contributed by atoms with Crippen LogP contribution in [-0.4, -0.2) is 24.1 Å². The number of hydrogen-bond donors (Lipinski definition) is 1. The van der Waals surface area contributed by atoms with Gasteiger partial charge in [0.25, 0.3) is 0 Å². The van der Waals surface area contributed by atoms with Gasteiger partial charge in [0.1, 0.15) is 11.9 Å². The van der Waals surface area contributed by atoms with E-state index in [0.717, 1.165) is 31.7 Å². The minimum Gasteiger partial charge on any atom is -0.357 e. The van der Waals surface area contributed by atoms with E-state index in [0.29, 0.717) is 11.6 Å². The van der Waals surface area contributed by atoms with E-state index in [-0.39, 0.29) is 0 Å². The first-order valence-corrected chi connectivity index (χ1v) is 5.16. The molecule has 0 aliphatic carbocycles. The number of piperidine rings is 1. The molecule has 4 nitrogen and oxygen atoms in total. The molecule has 1 aliphatic heterocycles. The molecular formula is C11H14N4. The highest BCUT2D eigenvalue weighted by Crippen LogP contribution is 2.16. The standard InChI is InChI=1S/C11H14N4/c12-7-9-1-2-11(14-8-9)15-5-3-10(13)4-6-15/h1-2,8,10H,3-6,13H2. The zero-order valence-corrected chi connectivity index (χ0v) is 8.56. The van der Waals surface area contributed by atoms with Gasteiger partial charge in [0, 0.05) is 25.3 Å². The van der Waals surface area contributed by atoms with Gasteiger partial charge in [-0.05, 0) is 25.0 Å². The molecule has 2 N–H and O–H groups in total. The Morgan fingerprint density at radius 3 is 2.67 bits per heavy atom. The van der Waals surface area contributed by atoms with Crippen LogP contribution in [0.1, 0.15) is 18.4 Å². The van der Waals surface area contributed by atoms with Crippen LogP contribution in [0.3, 0.4) is 0 Å². The number of anilines is 1. The second-order valence-electron chi connectivity index (χ2n) is 3.84. The molecule has 2 rings (SSSR count). The number of aromatic nitrogens is 1. The summed E-state index contributed by atoms with van der Waals surface area (Å²) in [5, 5.41) is 8.65. The van der Waals surface area contributed by atoms with Gasteiger partial charge >= 0.3 is 0 Å². The smallest absolute Gasteiger partial charge is 0.128 e. The first-order chi connectivity index (χ1) is 7.29. The Morgan fingerprint density at radius 1 is 1.40 bits per heavy atom. The summed E-state index contributed by atoms with van der Waals surface area (Å²) >= 11 is 0. The minimum absolute atomic E-state index is 0.333. The molecule has 1 saturated heterocycles. The van der Waals surface area contributed by atoms with Crippen molar-refractivity contribution in [2.24, 2.45) is 5.73 Å². The Kier molecular flexibility index (Phi) is 2.84. The van der Waals surface area contributed by atoms with Crippen LogP contribution >= 0.6 is 0 Å². The van der Waals surface area contributed by atoms with Crippen molar-refractivity contribution in [3.63, 3.8) is 0 Å². The summed E-state index contributed by atoms with van der Waals surface area (Å²) in [5.41, 5.74) is 6.43. The van der Waals surface area contributed by atoms with Gasteiger partial charge in [-0.2, -0.15) is 5.26 Å². The van der Waals surface area contributed by atoms with Crippen molar-refractivity contribution < 1.29 is 0 Å². The van der Waals surface area contributed by atoms with Crippen LogP contribution in [-0.2, 0) is 0 Å². The van der Waals surface area contributed by atoms with E-state index in [1.807, 2.05) is 6.07 Å². The summed E-state index contributed by atoms with van der Waals surface area (Å²) in [6.07, 6.45) is 3.65. The van der Waals surface area contributed by atoms with Crippen LogP contribution in [0.5, 0.6) is 0 Å². The predicted molar refractivity (Wildman–Crippen MR) is 58.4 cm³/mol. The lowest BCUT2D eigenvalue weighted by Gasteiger charge is -2.30. The molecule has 0 bridgehead atoms. The largest absolute Gasteiger partial charge is 0.357 e. The van der Waals surface area contributed by atoms with Crippen molar-refractivity contribution >= 4 is 5.82 Å². The number of nitrogens with two attached hydrogens (primary N) is 1.